The standard InChI is InChI=1S/C15H15Cl2F3N4/c1-14(2,3)24-13-22-11(15(18,19)20)7-12(23-13)21-10-6-8(16)4-5-9(10)17/h4-7H,1-3H3,(H2,21,22,23,24). The lowest BCUT2D eigenvalue weighted by Gasteiger charge is -2.21. The third-order valence-electron chi connectivity index (χ3n) is 2.69. The first-order chi connectivity index (χ1) is 10.9. The molecule has 0 aliphatic heterocycles. The largest absolute Gasteiger partial charge is 0.433 e. The maximum absolute atomic E-state index is 13.1. The van der Waals surface area contributed by atoms with Gasteiger partial charge in [-0.1, -0.05) is 23.2 Å². The lowest BCUT2D eigenvalue weighted by Crippen LogP contribution is -2.28. The maximum atomic E-state index is 13.1. The van der Waals surface area contributed by atoms with E-state index >= 15 is 0 Å². The summed E-state index contributed by atoms with van der Waals surface area (Å²) in [5, 5.41) is 6.26. The Bertz CT molecular complexity index is 742. The van der Waals surface area contributed by atoms with Gasteiger partial charge in [-0.05, 0) is 39.0 Å². The minimum atomic E-state index is -4.61. The second-order valence-corrected chi connectivity index (χ2v) is 6.93. The van der Waals surface area contributed by atoms with E-state index in [1.807, 2.05) is 0 Å². The van der Waals surface area contributed by atoms with Gasteiger partial charge in [0.1, 0.15) is 5.82 Å². The van der Waals surface area contributed by atoms with Crippen LogP contribution in [0.3, 0.4) is 0 Å². The van der Waals surface area contributed by atoms with Gasteiger partial charge in [-0.2, -0.15) is 18.2 Å². The summed E-state index contributed by atoms with van der Waals surface area (Å²) in [6, 6.07) is 5.41. The first kappa shape index (κ1) is 18.6. The van der Waals surface area contributed by atoms with Crippen molar-refractivity contribution in [3.05, 3.63) is 40.0 Å². The van der Waals surface area contributed by atoms with Crippen LogP contribution in [0.4, 0.5) is 30.6 Å². The predicted molar refractivity (Wildman–Crippen MR) is 90.2 cm³/mol. The number of nitrogens with one attached hydrogen (secondary N) is 2. The van der Waals surface area contributed by atoms with Crippen molar-refractivity contribution < 1.29 is 13.2 Å². The van der Waals surface area contributed by atoms with E-state index in [2.05, 4.69) is 20.6 Å². The zero-order valence-corrected chi connectivity index (χ0v) is 14.6. The molecule has 0 radical (unpaired) electrons. The summed E-state index contributed by atoms with van der Waals surface area (Å²) in [5.41, 5.74) is -1.22. The van der Waals surface area contributed by atoms with E-state index in [1.165, 1.54) is 12.1 Å². The Hall–Kier alpha value is -1.73. The van der Waals surface area contributed by atoms with Crippen LogP contribution in [-0.4, -0.2) is 15.5 Å². The normalized spacial score (nSPS) is 12.2. The third-order valence-corrected chi connectivity index (χ3v) is 3.26. The van der Waals surface area contributed by atoms with Crippen LogP contribution in [0.15, 0.2) is 24.3 Å². The Labute approximate surface area is 147 Å². The quantitative estimate of drug-likeness (QED) is 0.712. The van der Waals surface area contributed by atoms with Crippen molar-refractivity contribution in [1.29, 1.82) is 0 Å². The molecule has 2 rings (SSSR count). The van der Waals surface area contributed by atoms with Crippen LogP contribution in [0.1, 0.15) is 26.5 Å². The summed E-state index contributed by atoms with van der Waals surface area (Å²) in [4.78, 5) is 7.59. The Kier molecular flexibility index (Phi) is 5.15. The fourth-order valence-electron chi connectivity index (χ4n) is 1.78. The molecule has 2 N–H and O–H groups in total. The summed E-state index contributed by atoms with van der Waals surface area (Å²) in [7, 11) is 0. The number of nitrogens with zero attached hydrogens (tertiary/aromatic N) is 2. The van der Waals surface area contributed by atoms with Crippen LogP contribution in [-0.2, 0) is 6.18 Å². The molecule has 4 nitrogen and oxygen atoms in total. The van der Waals surface area contributed by atoms with Crippen LogP contribution in [0.25, 0.3) is 0 Å². The number of rotatable bonds is 3. The van der Waals surface area contributed by atoms with Crippen molar-refractivity contribution in [3.63, 3.8) is 0 Å². The summed E-state index contributed by atoms with van der Waals surface area (Å²) < 4.78 is 39.2. The second-order valence-electron chi connectivity index (χ2n) is 6.08. The highest BCUT2D eigenvalue weighted by atomic mass is 35.5. The molecule has 1 heterocycles. The van der Waals surface area contributed by atoms with Gasteiger partial charge in [0.05, 0.1) is 10.7 Å². The van der Waals surface area contributed by atoms with Gasteiger partial charge in [-0.25, -0.2) is 4.98 Å². The summed E-state index contributed by atoms with van der Waals surface area (Å²) >= 11 is 11.9. The topological polar surface area (TPSA) is 49.8 Å². The molecule has 0 fully saturated rings. The van der Waals surface area contributed by atoms with Gasteiger partial charge in [-0.15, -0.1) is 0 Å². The summed E-state index contributed by atoms with van der Waals surface area (Å²) in [6.45, 7) is 5.37. The molecule has 130 valence electrons. The molecule has 9 heteroatoms. The maximum Gasteiger partial charge on any atom is 0.433 e. The van der Waals surface area contributed by atoms with Gasteiger partial charge in [0.25, 0.3) is 0 Å². The molecule has 0 saturated heterocycles. The van der Waals surface area contributed by atoms with E-state index in [1.54, 1.807) is 26.8 Å². The Morgan fingerprint density at radius 2 is 1.67 bits per heavy atom. The van der Waals surface area contributed by atoms with E-state index in [0.717, 1.165) is 6.07 Å². The molecule has 1 aromatic heterocycles. The van der Waals surface area contributed by atoms with Gasteiger partial charge < -0.3 is 10.6 Å². The van der Waals surface area contributed by atoms with Crippen LogP contribution >= 0.6 is 23.2 Å². The molecule has 0 atom stereocenters. The van der Waals surface area contributed by atoms with Gasteiger partial charge in [0.2, 0.25) is 5.95 Å². The molecule has 0 bridgehead atoms. The molecule has 2 aromatic rings. The van der Waals surface area contributed by atoms with Crippen LogP contribution < -0.4 is 10.6 Å². The number of benzene rings is 1. The molecule has 0 unspecified atom stereocenters. The highest BCUT2D eigenvalue weighted by Gasteiger charge is 2.34. The van der Waals surface area contributed by atoms with Crippen molar-refractivity contribution in [1.82, 2.24) is 9.97 Å². The van der Waals surface area contributed by atoms with Gasteiger partial charge in [0, 0.05) is 16.6 Å². The zero-order valence-electron chi connectivity index (χ0n) is 13.1. The van der Waals surface area contributed by atoms with E-state index in [-0.39, 0.29) is 11.8 Å². The highest BCUT2D eigenvalue weighted by molar-refractivity contribution is 6.35. The molecule has 0 spiro atoms. The fourth-order valence-corrected chi connectivity index (χ4v) is 2.12. The summed E-state index contributed by atoms with van der Waals surface area (Å²) in [5.74, 6) is -0.189. The minimum absolute atomic E-state index is 0.0479. The van der Waals surface area contributed by atoms with Crippen molar-refractivity contribution in [2.24, 2.45) is 0 Å². The number of alkyl halides is 3. The van der Waals surface area contributed by atoms with Crippen molar-refractivity contribution in [3.8, 4) is 0 Å². The Morgan fingerprint density at radius 3 is 2.25 bits per heavy atom. The number of aromatic nitrogens is 2. The smallest absolute Gasteiger partial charge is 0.350 e. The second kappa shape index (κ2) is 6.64. The lowest BCUT2D eigenvalue weighted by molar-refractivity contribution is -0.141. The number of anilines is 3. The zero-order chi connectivity index (χ0) is 18.1. The molecular weight excluding hydrogens is 364 g/mol. The molecule has 24 heavy (non-hydrogen) atoms. The predicted octanol–water partition coefficient (Wildman–Crippen LogP) is 5.76. The highest BCUT2D eigenvalue weighted by Crippen LogP contribution is 2.32. The van der Waals surface area contributed by atoms with E-state index in [9.17, 15) is 13.2 Å². The van der Waals surface area contributed by atoms with Crippen molar-refractivity contribution >= 4 is 40.7 Å². The first-order valence-corrected chi connectivity index (χ1v) is 7.66. The van der Waals surface area contributed by atoms with Gasteiger partial charge >= 0.3 is 6.18 Å². The van der Waals surface area contributed by atoms with Crippen molar-refractivity contribution in [2.75, 3.05) is 10.6 Å². The van der Waals surface area contributed by atoms with Gasteiger partial charge in [0.15, 0.2) is 5.69 Å². The molecule has 0 aliphatic rings. The SMILES string of the molecule is CC(C)(C)Nc1nc(Nc2cc(Cl)ccc2Cl)cc(C(F)(F)F)n1. The molecule has 0 saturated carbocycles. The minimum Gasteiger partial charge on any atom is -0.350 e. The fraction of sp³-hybridized carbons (Fsp3) is 0.333. The monoisotopic (exact) mass is 378 g/mol. The summed E-state index contributed by atoms with van der Waals surface area (Å²) in [6.07, 6.45) is -4.61. The molecular formula is C15H15Cl2F3N4. The Balaban J connectivity index is 2.44. The average Bonchev–Trinajstić information content (AvgIpc) is 2.40. The van der Waals surface area contributed by atoms with E-state index in [0.29, 0.717) is 15.7 Å². The first-order valence-electron chi connectivity index (χ1n) is 6.90. The lowest BCUT2D eigenvalue weighted by atomic mass is 10.1. The Morgan fingerprint density at radius 1 is 1.00 bits per heavy atom. The number of halogens is 5. The molecule has 0 amide bonds. The van der Waals surface area contributed by atoms with E-state index < -0.39 is 17.4 Å². The average molecular weight is 379 g/mol. The van der Waals surface area contributed by atoms with Gasteiger partial charge in [-0.3, -0.25) is 0 Å². The van der Waals surface area contributed by atoms with Crippen LogP contribution in [0.2, 0.25) is 10.0 Å². The molecule has 0 aliphatic carbocycles. The van der Waals surface area contributed by atoms with Crippen molar-refractivity contribution in [2.45, 2.75) is 32.5 Å². The molecule has 1 aromatic carbocycles. The van der Waals surface area contributed by atoms with Crippen LogP contribution in [0, 0.1) is 0 Å². The van der Waals surface area contributed by atoms with Crippen LogP contribution in [0.5, 0.6) is 0 Å². The number of hydrogen-bond donors (Lipinski definition) is 2. The number of hydrogen-bond acceptors (Lipinski definition) is 4. The third kappa shape index (κ3) is 5.14. The van der Waals surface area contributed by atoms with E-state index in [4.69, 9.17) is 23.2 Å².